The van der Waals surface area contributed by atoms with Crippen LogP contribution in [0.5, 0.6) is 11.5 Å². The van der Waals surface area contributed by atoms with Crippen LogP contribution in [0, 0.1) is 0 Å². The molecule has 0 bridgehead atoms. The van der Waals surface area contributed by atoms with Crippen molar-refractivity contribution in [2.45, 2.75) is 31.6 Å². The van der Waals surface area contributed by atoms with Crippen LogP contribution in [0.1, 0.15) is 31.7 Å². The molecule has 0 amide bonds. The van der Waals surface area contributed by atoms with Gasteiger partial charge in [0.25, 0.3) is 0 Å². The highest BCUT2D eigenvalue weighted by atomic mass is 16.7. The average molecular weight is 190 g/mol. The second kappa shape index (κ2) is 2.66. The Balaban J connectivity index is 2.00. The van der Waals surface area contributed by atoms with Gasteiger partial charge in [-0.3, -0.25) is 0 Å². The molecule has 3 rings (SSSR count). The molecule has 14 heavy (non-hydrogen) atoms. The zero-order chi connectivity index (χ0) is 9.60. The molecule has 2 aliphatic rings. The van der Waals surface area contributed by atoms with Crippen LogP contribution < -0.4 is 9.47 Å². The van der Waals surface area contributed by atoms with E-state index in [-0.39, 0.29) is 0 Å². The van der Waals surface area contributed by atoms with Gasteiger partial charge in [-0.2, -0.15) is 0 Å². The third-order valence-corrected chi connectivity index (χ3v) is 3.53. The molecule has 74 valence electrons. The second-order valence-corrected chi connectivity index (χ2v) is 4.48. The number of fused-ring (bicyclic) bond motifs is 1. The van der Waals surface area contributed by atoms with Crippen LogP contribution in [0.15, 0.2) is 18.2 Å². The van der Waals surface area contributed by atoms with E-state index < -0.39 is 0 Å². The fraction of sp³-hybridized carbons (Fsp3) is 0.500. The average Bonchev–Trinajstić information content (AvgIpc) is 2.60. The molecular weight excluding hydrogens is 176 g/mol. The van der Waals surface area contributed by atoms with Crippen molar-refractivity contribution in [1.29, 1.82) is 0 Å². The first-order chi connectivity index (χ1) is 6.78. The Bertz CT molecular complexity index is 367. The summed E-state index contributed by atoms with van der Waals surface area (Å²) >= 11 is 0. The molecule has 0 N–H and O–H groups in total. The first kappa shape index (κ1) is 8.16. The second-order valence-electron chi connectivity index (χ2n) is 4.48. The first-order valence-electron chi connectivity index (χ1n) is 5.18. The van der Waals surface area contributed by atoms with Gasteiger partial charge in [0, 0.05) is 0 Å². The van der Waals surface area contributed by atoms with Crippen LogP contribution in [0.3, 0.4) is 0 Å². The Labute approximate surface area is 83.8 Å². The largest absolute Gasteiger partial charge is 0.454 e. The van der Waals surface area contributed by atoms with Gasteiger partial charge in [-0.05, 0) is 36.0 Å². The summed E-state index contributed by atoms with van der Waals surface area (Å²) in [6.07, 6.45) is 3.95. The highest BCUT2D eigenvalue weighted by molar-refractivity contribution is 5.46. The van der Waals surface area contributed by atoms with Crippen LogP contribution in [-0.2, 0) is 5.41 Å². The SMILES string of the molecule is CC1(c2ccc3c(c2)OCO3)CCC1. The topological polar surface area (TPSA) is 18.5 Å². The Hall–Kier alpha value is -1.18. The van der Waals surface area contributed by atoms with Crippen molar-refractivity contribution in [2.24, 2.45) is 0 Å². The van der Waals surface area contributed by atoms with Crippen LogP contribution in [0.4, 0.5) is 0 Å². The van der Waals surface area contributed by atoms with Crippen molar-refractivity contribution in [3.8, 4) is 11.5 Å². The lowest BCUT2D eigenvalue weighted by molar-refractivity contribution is 0.173. The van der Waals surface area contributed by atoms with E-state index in [4.69, 9.17) is 9.47 Å². The molecule has 2 heteroatoms. The van der Waals surface area contributed by atoms with Crippen LogP contribution in [0.2, 0.25) is 0 Å². The van der Waals surface area contributed by atoms with Gasteiger partial charge in [0.1, 0.15) is 0 Å². The van der Waals surface area contributed by atoms with E-state index in [2.05, 4.69) is 19.1 Å². The molecule has 0 spiro atoms. The lowest BCUT2D eigenvalue weighted by Crippen LogP contribution is -2.30. The number of ether oxygens (including phenoxy) is 2. The maximum absolute atomic E-state index is 5.38. The number of hydrogen-bond acceptors (Lipinski definition) is 2. The maximum Gasteiger partial charge on any atom is 0.231 e. The first-order valence-corrected chi connectivity index (χ1v) is 5.18. The Morgan fingerprint density at radius 3 is 2.64 bits per heavy atom. The molecule has 0 radical (unpaired) electrons. The van der Waals surface area contributed by atoms with Gasteiger partial charge in [-0.1, -0.05) is 19.4 Å². The third-order valence-electron chi connectivity index (χ3n) is 3.53. The fourth-order valence-corrected chi connectivity index (χ4v) is 2.27. The lowest BCUT2D eigenvalue weighted by Gasteiger charge is -2.39. The van der Waals surface area contributed by atoms with Crippen molar-refractivity contribution in [3.05, 3.63) is 23.8 Å². The van der Waals surface area contributed by atoms with E-state index in [9.17, 15) is 0 Å². The van der Waals surface area contributed by atoms with Crippen molar-refractivity contribution in [2.75, 3.05) is 6.79 Å². The normalized spacial score (nSPS) is 21.8. The molecular formula is C12H14O2. The summed E-state index contributed by atoms with van der Waals surface area (Å²) in [6.45, 7) is 2.70. The Kier molecular flexibility index (Phi) is 1.55. The smallest absolute Gasteiger partial charge is 0.231 e. The molecule has 0 unspecified atom stereocenters. The molecule has 2 nitrogen and oxygen atoms in total. The molecule has 1 aliphatic heterocycles. The quantitative estimate of drug-likeness (QED) is 0.678. The third kappa shape index (κ3) is 1.03. The van der Waals surface area contributed by atoms with Gasteiger partial charge in [0.15, 0.2) is 11.5 Å². The highest BCUT2D eigenvalue weighted by Gasteiger charge is 2.34. The van der Waals surface area contributed by atoms with Crippen molar-refractivity contribution < 1.29 is 9.47 Å². The molecule has 1 fully saturated rings. The van der Waals surface area contributed by atoms with Crippen LogP contribution in [-0.4, -0.2) is 6.79 Å². The molecule has 1 aromatic rings. The van der Waals surface area contributed by atoms with Crippen LogP contribution >= 0.6 is 0 Å². The zero-order valence-corrected chi connectivity index (χ0v) is 8.38. The Morgan fingerprint density at radius 1 is 1.14 bits per heavy atom. The van der Waals surface area contributed by atoms with E-state index in [1.54, 1.807) is 0 Å². The van der Waals surface area contributed by atoms with Crippen LogP contribution in [0.25, 0.3) is 0 Å². The molecule has 1 heterocycles. The van der Waals surface area contributed by atoms with E-state index in [0.717, 1.165) is 11.5 Å². The summed E-state index contributed by atoms with van der Waals surface area (Å²) in [5.74, 6) is 1.80. The van der Waals surface area contributed by atoms with E-state index in [0.29, 0.717) is 12.2 Å². The van der Waals surface area contributed by atoms with E-state index in [1.807, 2.05) is 6.07 Å². The minimum atomic E-state index is 0.371. The summed E-state index contributed by atoms with van der Waals surface area (Å²) in [7, 11) is 0. The Morgan fingerprint density at radius 2 is 1.93 bits per heavy atom. The molecule has 1 aromatic carbocycles. The van der Waals surface area contributed by atoms with Gasteiger partial charge in [-0.25, -0.2) is 0 Å². The summed E-state index contributed by atoms with van der Waals surface area (Å²) in [5, 5.41) is 0. The summed E-state index contributed by atoms with van der Waals surface area (Å²) in [6, 6.07) is 6.34. The van der Waals surface area contributed by atoms with E-state index >= 15 is 0 Å². The monoisotopic (exact) mass is 190 g/mol. The fourth-order valence-electron chi connectivity index (χ4n) is 2.27. The maximum atomic E-state index is 5.38. The van der Waals surface area contributed by atoms with Gasteiger partial charge in [0.2, 0.25) is 6.79 Å². The van der Waals surface area contributed by atoms with Gasteiger partial charge in [0.05, 0.1) is 0 Å². The number of benzene rings is 1. The van der Waals surface area contributed by atoms with Crippen molar-refractivity contribution in [1.82, 2.24) is 0 Å². The summed E-state index contributed by atoms with van der Waals surface area (Å²) < 4.78 is 10.7. The van der Waals surface area contributed by atoms with Crippen molar-refractivity contribution >= 4 is 0 Å². The minimum absolute atomic E-state index is 0.371. The summed E-state index contributed by atoms with van der Waals surface area (Å²) in [4.78, 5) is 0. The highest BCUT2D eigenvalue weighted by Crippen LogP contribution is 2.45. The zero-order valence-electron chi connectivity index (χ0n) is 8.38. The predicted octanol–water partition coefficient (Wildman–Crippen LogP) is 2.86. The summed E-state index contributed by atoms with van der Waals surface area (Å²) in [5.41, 5.74) is 1.79. The lowest BCUT2D eigenvalue weighted by atomic mass is 9.66. The molecule has 0 atom stereocenters. The number of rotatable bonds is 1. The van der Waals surface area contributed by atoms with Gasteiger partial charge >= 0.3 is 0 Å². The standard InChI is InChI=1S/C12H14O2/c1-12(5-2-6-12)9-3-4-10-11(7-9)14-8-13-10/h3-4,7H,2,5-6,8H2,1H3. The van der Waals surface area contributed by atoms with Crippen molar-refractivity contribution in [3.63, 3.8) is 0 Å². The van der Waals surface area contributed by atoms with E-state index in [1.165, 1.54) is 24.8 Å². The van der Waals surface area contributed by atoms with Gasteiger partial charge < -0.3 is 9.47 Å². The van der Waals surface area contributed by atoms with Gasteiger partial charge in [-0.15, -0.1) is 0 Å². The molecule has 1 aliphatic carbocycles. The molecule has 1 saturated carbocycles. The minimum Gasteiger partial charge on any atom is -0.454 e. The number of hydrogen-bond donors (Lipinski definition) is 0. The molecule has 0 saturated heterocycles. The molecule has 0 aromatic heterocycles. The predicted molar refractivity (Wildman–Crippen MR) is 53.8 cm³/mol.